The number of ether oxygens (including phenoxy) is 1. The van der Waals surface area contributed by atoms with Gasteiger partial charge in [-0.25, -0.2) is 4.98 Å². The van der Waals surface area contributed by atoms with Crippen LogP contribution in [0.5, 0.6) is 5.75 Å². The maximum absolute atomic E-state index is 11.6. The number of hydrogen-bond acceptors (Lipinski definition) is 3. The molecule has 2 aromatic rings. The Bertz CT molecular complexity index is 618. The van der Waals surface area contributed by atoms with Gasteiger partial charge in [-0.3, -0.25) is 4.79 Å². The van der Waals surface area contributed by atoms with Crippen molar-refractivity contribution in [1.82, 2.24) is 9.97 Å². The van der Waals surface area contributed by atoms with Crippen LogP contribution in [0.25, 0.3) is 11.4 Å². The molecule has 0 aliphatic rings. The Morgan fingerprint density at radius 2 is 2.11 bits per heavy atom. The number of aromatic amines is 1. The lowest BCUT2D eigenvalue weighted by atomic mass is 10.2. The monoisotopic (exact) mass is 258 g/mol. The maximum atomic E-state index is 11.6. The molecule has 2 rings (SSSR count). The summed E-state index contributed by atoms with van der Waals surface area (Å²) in [6.07, 6.45) is 0.850. The third-order valence-electron chi connectivity index (χ3n) is 2.64. The molecule has 0 aliphatic heterocycles. The van der Waals surface area contributed by atoms with E-state index in [0.29, 0.717) is 5.82 Å². The van der Waals surface area contributed by atoms with Gasteiger partial charge >= 0.3 is 0 Å². The average Bonchev–Trinajstić information content (AvgIpc) is 2.37. The van der Waals surface area contributed by atoms with Crippen LogP contribution in [0.3, 0.4) is 0 Å². The SMILES string of the molecule is CCc1cc(=O)[nH]c(-c2cccc(OC(C)C)c2)n1. The molecular formula is C15H18N2O2. The molecule has 1 aromatic carbocycles. The second-order valence-corrected chi connectivity index (χ2v) is 4.63. The van der Waals surface area contributed by atoms with Crippen molar-refractivity contribution in [3.05, 3.63) is 46.4 Å². The number of nitrogens with zero attached hydrogens (tertiary/aromatic N) is 1. The molecule has 0 radical (unpaired) electrons. The molecule has 0 aliphatic carbocycles. The smallest absolute Gasteiger partial charge is 0.251 e. The number of rotatable bonds is 4. The van der Waals surface area contributed by atoms with Gasteiger partial charge in [0, 0.05) is 17.3 Å². The molecule has 0 bridgehead atoms. The van der Waals surface area contributed by atoms with E-state index in [1.807, 2.05) is 45.0 Å². The van der Waals surface area contributed by atoms with Gasteiger partial charge in [0.25, 0.3) is 5.56 Å². The molecule has 4 nitrogen and oxygen atoms in total. The summed E-state index contributed by atoms with van der Waals surface area (Å²) in [5.74, 6) is 1.36. The molecule has 0 saturated heterocycles. The summed E-state index contributed by atoms with van der Waals surface area (Å²) in [6, 6.07) is 9.11. The van der Waals surface area contributed by atoms with E-state index in [4.69, 9.17) is 4.74 Å². The van der Waals surface area contributed by atoms with Gasteiger partial charge in [-0.15, -0.1) is 0 Å². The number of aryl methyl sites for hydroxylation is 1. The molecule has 19 heavy (non-hydrogen) atoms. The van der Waals surface area contributed by atoms with Crippen molar-refractivity contribution < 1.29 is 4.74 Å². The van der Waals surface area contributed by atoms with E-state index in [1.165, 1.54) is 6.07 Å². The van der Waals surface area contributed by atoms with Crippen LogP contribution in [0.1, 0.15) is 26.5 Å². The van der Waals surface area contributed by atoms with Crippen LogP contribution in [0.4, 0.5) is 0 Å². The van der Waals surface area contributed by atoms with Crippen LogP contribution in [-0.4, -0.2) is 16.1 Å². The van der Waals surface area contributed by atoms with Crippen molar-refractivity contribution in [2.24, 2.45) is 0 Å². The highest BCUT2D eigenvalue weighted by molar-refractivity contribution is 5.57. The summed E-state index contributed by atoms with van der Waals surface area (Å²) in [5, 5.41) is 0. The number of hydrogen-bond donors (Lipinski definition) is 1. The standard InChI is InChI=1S/C15H18N2O2/c1-4-12-9-14(18)17-15(16-12)11-6-5-7-13(8-11)19-10(2)3/h5-10H,4H2,1-3H3,(H,16,17,18). The van der Waals surface area contributed by atoms with Gasteiger partial charge in [0.05, 0.1) is 6.10 Å². The summed E-state index contributed by atoms with van der Waals surface area (Å²) in [7, 11) is 0. The Kier molecular flexibility index (Phi) is 4.00. The Morgan fingerprint density at radius 3 is 2.79 bits per heavy atom. The minimum atomic E-state index is -0.128. The van der Waals surface area contributed by atoms with Crippen LogP contribution in [-0.2, 0) is 6.42 Å². The van der Waals surface area contributed by atoms with E-state index in [2.05, 4.69) is 9.97 Å². The summed E-state index contributed by atoms with van der Waals surface area (Å²) in [6.45, 7) is 5.93. The van der Waals surface area contributed by atoms with Gasteiger partial charge in [0.1, 0.15) is 11.6 Å². The fourth-order valence-corrected chi connectivity index (χ4v) is 1.81. The number of nitrogens with one attached hydrogen (secondary N) is 1. The molecule has 1 aromatic heterocycles. The maximum Gasteiger partial charge on any atom is 0.251 e. The fraction of sp³-hybridized carbons (Fsp3) is 0.333. The van der Waals surface area contributed by atoms with E-state index in [0.717, 1.165) is 23.4 Å². The topological polar surface area (TPSA) is 55.0 Å². The Balaban J connectivity index is 2.41. The zero-order chi connectivity index (χ0) is 13.8. The molecule has 0 amide bonds. The molecule has 0 saturated carbocycles. The normalized spacial score (nSPS) is 10.7. The lowest BCUT2D eigenvalue weighted by molar-refractivity contribution is 0.242. The van der Waals surface area contributed by atoms with E-state index >= 15 is 0 Å². The molecule has 4 heteroatoms. The van der Waals surface area contributed by atoms with Gasteiger partial charge < -0.3 is 9.72 Å². The van der Waals surface area contributed by atoms with Crippen molar-refractivity contribution in [3.8, 4) is 17.1 Å². The summed E-state index contributed by atoms with van der Waals surface area (Å²) in [4.78, 5) is 18.8. The summed E-state index contributed by atoms with van der Waals surface area (Å²) < 4.78 is 5.64. The first-order valence-corrected chi connectivity index (χ1v) is 6.46. The van der Waals surface area contributed by atoms with Crippen molar-refractivity contribution >= 4 is 0 Å². The Labute approximate surface area is 112 Å². The average molecular weight is 258 g/mol. The minimum absolute atomic E-state index is 0.115. The highest BCUT2D eigenvalue weighted by atomic mass is 16.5. The van der Waals surface area contributed by atoms with Crippen molar-refractivity contribution in [2.75, 3.05) is 0 Å². The quantitative estimate of drug-likeness (QED) is 0.917. The molecule has 100 valence electrons. The van der Waals surface area contributed by atoms with E-state index in [-0.39, 0.29) is 11.7 Å². The molecule has 0 unspecified atom stereocenters. The first-order chi connectivity index (χ1) is 9.08. The van der Waals surface area contributed by atoms with E-state index in [1.54, 1.807) is 0 Å². The lowest BCUT2D eigenvalue weighted by Gasteiger charge is -2.10. The van der Waals surface area contributed by atoms with Gasteiger partial charge in [-0.05, 0) is 32.4 Å². The predicted octanol–water partition coefficient (Wildman–Crippen LogP) is 2.79. The third kappa shape index (κ3) is 3.44. The van der Waals surface area contributed by atoms with Gasteiger partial charge in [-0.2, -0.15) is 0 Å². The fourth-order valence-electron chi connectivity index (χ4n) is 1.81. The predicted molar refractivity (Wildman–Crippen MR) is 75.4 cm³/mol. The third-order valence-corrected chi connectivity index (χ3v) is 2.64. The first kappa shape index (κ1) is 13.3. The van der Waals surface area contributed by atoms with Crippen LogP contribution in [0.2, 0.25) is 0 Å². The van der Waals surface area contributed by atoms with E-state index < -0.39 is 0 Å². The number of benzene rings is 1. The second-order valence-electron chi connectivity index (χ2n) is 4.63. The highest BCUT2D eigenvalue weighted by Crippen LogP contribution is 2.21. The highest BCUT2D eigenvalue weighted by Gasteiger charge is 2.05. The van der Waals surface area contributed by atoms with Gasteiger partial charge in [0.2, 0.25) is 0 Å². The minimum Gasteiger partial charge on any atom is -0.491 e. The largest absolute Gasteiger partial charge is 0.491 e. The molecular weight excluding hydrogens is 240 g/mol. The van der Waals surface area contributed by atoms with Crippen molar-refractivity contribution in [2.45, 2.75) is 33.3 Å². The first-order valence-electron chi connectivity index (χ1n) is 6.46. The van der Waals surface area contributed by atoms with Crippen LogP contribution in [0.15, 0.2) is 35.1 Å². The number of H-pyrrole nitrogens is 1. The zero-order valence-electron chi connectivity index (χ0n) is 11.4. The zero-order valence-corrected chi connectivity index (χ0v) is 11.4. The second kappa shape index (κ2) is 5.69. The molecule has 0 spiro atoms. The lowest BCUT2D eigenvalue weighted by Crippen LogP contribution is -2.10. The van der Waals surface area contributed by atoms with Crippen molar-refractivity contribution in [1.29, 1.82) is 0 Å². The molecule has 0 fully saturated rings. The summed E-state index contributed by atoms with van der Waals surface area (Å²) >= 11 is 0. The molecule has 1 N–H and O–H groups in total. The Hall–Kier alpha value is -2.10. The Morgan fingerprint density at radius 1 is 1.32 bits per heavy atom. The van der Waals surface area contributed by atoms with Gasteiger partial charge in [-0.1, -0.05) is 19.1 Å². The van der Waals surface area contributed by atoms with E-state index in [9.17, 15) is 4.79 Å². The summed E-state index contributed by atoms with van der Waals surface area (Å²) in [5.41, 5.74) is 1.51. The van der Waals surface area contributed by atoms with Crippen LogP contribution >= 0.6 is 0 Å². The van der Waals surface area contributed by atoms with Crippen LogP contribution < -0.4 is 10.3 Å². The van der Waals surface area contributed by atoms with Gasteiger partial charge in [0.15, 0.2) is 0 Å². The molecule has 0 atom stereocenters. The number of aromatic nitrogens is 2. The van der Waals surface area contributed by atoms with Crippen molar-refractivity contribution in [3.63, 3.8) is 0 Å². The van der Waals surface area contributed by atoms with Crippen LogP contribution in [0, 0.1) is 0 Å². The molecule has 1 heterocycles.